The molecule has 3 aromatic carbocycles. The third kappa shape index (κ3) is 1.41. The predicted octanol–water partition coefficient (Wildman–Crippen LogP) is 3.57. The smallest absolute Gasteiger partial charge is 0.116 e. The van der Waals surface area contributed by atoms with E-state index in [0.29, 0.717) is 5.56 Å². The van der Waals surface area contributed by atoms with E-state index in [9.17, 15) is 5.11 Å². The van der Waals surface area contributed by atoms with Gasteiger partial charge in [0.2, 0.25) is 0 Å². The van der Waals surface area contributed by atoms with E-state index in [0.717, 1.165) is 21.5 Å². The number of phenols is 1. The maximum absolute atomic E-state index is 9.48. The third-order valence-corrected chi connectivity index (χ3v) is 2.96. The SMILES string of the molecule is N#Cc1cc2cc(O)ccc2c2ccccc12. The number of phenolic OH excluding ortho intramolecular Hbond substituents is 1. The highest BCUT2D eigenvalue weighted by molar-refractivity contribution is 6.10. The van der Waals surface area contributed by atoms with Gasteiger partial charge in [0.25, 0.3) is 0 Å². The molecule has 0 unspecified atom stereocenters. The zero-order valence-electron chi connectivity index (χ0n) is 9.01. The molecule has 0 radical (unpaired) electrons. The molecule has 0 aromatic heterocycles. The molecule has 0 fully saturated rings. The van der Waals surface area contributed by atoms with Crippen LogP contribution in [0.25, 0.3) is 21.5 Å². The summed E-state index contributed by atoms with van der Waals surface area (Å²) >= 11 is 0. The Bertz CT molecular complexity index is 769. The van der Waals surface area contributed by atoms with Gasteiger partial charge < -0.3 is 5.11 Å². The molecule has 0 saturated carbocycles. The quantitative estimate of drug-likeness (QED) is 0.587. The summed E-state index contributed by atoms with van der Waals surface area (Å²) in [6.07, 6.45) is 0. The Hall–Kier alpha value is -2.53. The summed E-state index contributed by atoms with van der Waals surface area (Å²) in [5.74, 6) is 0.219. The Morgan fingerprint density at radius 1 is 0.882 bits per heavy atom. The summed E-state index contributed by atoms with van der Waals surface area (Å²) in [7, 11) is 0. The van der Waals surface area contributed by atoms with Crippen molar-refractivity contribution in [2.45, 2.75) is 0 Å². The number of fused-ring (bicyclic) bond motifs is 3. The summed E-state index contributed by atoms with van der Waals surface area (Å²) < 4.78 is 0. The molecule has 80 valence electrons. The van der Waals surface area contributed by atoms with Crippen LogP contribution in [0, 0.1) is 11.3 Å². The van der Waals surface area contributed by atoms with Crippen molar-refractivity contribution in [1.29, 1.82) is 5.26 Å². The van der Waals surface area contributed by atoms with Crippen LogP contribution in [-0.2, 0) is 0 Å². The fraction of sp³-hybridized carbons (Fsp3) is 0. The molecule has 0 saturated heterocycles. The largest absolute Gasteiger partial charge is 0.508 e. The molecular formula is C15H9NO. The molecule has 0 amide bonds. The van der Waals surface area contributed by atoms with Crippen molar-refractivity contribution in [3.63, 3.8) is 0 Å². The normalized spacial score (nSPS) is 10.5. The Morgan fingerprint density at radius 2 is 1.65 bits per heavy atom. The first kappa shape index (κ1) is 9.68. The minimum atomic E-state index is 0.219. The van der Waals surface area contributed by atoms with Crippen LogP contribution in [-0.4, -0.2) is 5.11 Å². The standard InChI is InChI=1S/C15H9NO/c16-9-11-7-10-8-12(17)5-6-14(10)15-4-2-1-3-13(11)15/h1-8,17H. The molecule has 0 atom stereocenters. The van der Waals surface area contributed by atoms with Gasteiger partial charge in [-0.15, -0.1) is 0 Å². The molecule has 2 heteroatoms. The Labute approximate surface area is 98.3 Å². The summed E-state index contributed by atoms with van der Waals surface area (Å²) in [5, 5.41) is 22.6. The van der Waals surface area contributed by atoms with Gasteiger partial charge in [-0.25, -0.2) is 0 Å². The highest BCUT2D eigenvalue weighted by atomic mass is 16.3. The lowest BCUT2D eigenvalue weighted by Gasteiger charge is -2.06. The highest BCUT2D eigenvalue weighted by Crippen LogP contribution is 2.30. The first-order chi connectivity index (χ1) is 8.29. The first-order valence-electron chi connectivity index (χ1n) is 5.34. The molecule has 0 spiro atoms. The number of nitriles is 1. The second-order valence-corrected chi connectivity index (χ2v) is 3.99. The average molecular weight is 219 g/mol. The minimum absolute atomic E-state index is 0.219. The van der Waals surface area contributed by atoms with Crippen molar-refractivity contribution in [1.82, 2.24) is 0 Å². The number of aromatic hydroxyl groups is 1. The van der Waals surface area contributed by atoms with Gasteiger partial charge in [-0.2, -0.15) is 5.26 Å². The molecule has 3 rings (SSSR count). The molecule has 0 heterocycles. The van der Waals surface area contributed by atoms with Crippen molar-refractivity contribution in [3.05, 3.63) is 54.1 Å². The number of hydrogen-bond donors (Lipinski definition) is 1. The van der Waals surface area contributed by atoms with Gasteiger partial charge in [-0.1, -0.05) is 30.3 Å². The van der Waals surface area contributed by atoms with Gasteiger partial charge in [0.1, 0.15) is 5.75 Å². The van der Waals surface area contributed by atoms with Crippen molar-refractivity contribution in [2.75, 3.05) is 0 Å². The van der Waals surface area contributed by atoms with Crippen LogP contribution in [0.3, 0.4) is 0 Å². The topological polar surface area (TPSA) is 44.0 Å². The van der Waals surface area contributed by atoms with E-state index in [4.69, 9.17) is 5.26 Å². The van der Waals surface area contributed by atoms with Crippen LogP contribution in [0.1, 0.15) is 5.56 Å². The highest BCUT2D eigenvalue weighted by Gasteiger charge is 2.05. The van der Waals surface area contributed by atoms with E-state index in [2.05, 4.69) is 6.07 Å². The number of nitrogens with zero attached hydrogens (tertiary/aromatic N) is 1. The van der Waals surface area contributed by atoms with Crippen LogP contribution >= 0.6 is 0 Å². The summed E-state index contributed by atoms with van der Waals surface area (Å²) in [5.41, 5.74) is 0.638. The van der Waals surface area contributed by atoms with E-state index in [1.165, 1.54) is 0 Å². The third-order valence-electron chi connectivity index (χ3n) is 2.96. The van der Waals surface area contributed by atoms with Crippen molar-refractivity contribution in [3.8, 4) is 11.8 Å². The fourth-order valence-corrected chi connectivity index (χ4v) is 2.19. The molecule has 17 heavy (non-hydrogen) atoms. The number of hydrogen-bond acceptors (Lipinski definition) is 2. The van der Waals surface area contributed by atoms with Crippen molar-refractivity contribution in [2.24, 2.45) is 0 Å². The van der Waals surface area contributed by atoms with Crippen molar-refractivity contribution < 1.29 is 5.11 Å². The Balaban J connectivity index is 2.60. The lowest BCUT2D eigenvalue weighted by molar-refractivity contribution is 0.476. The zero-order valence-corrected chi connectivity index (χ0v) is 9.01. The molecule has 3 aromatic rings. The van der Waals surface area contributed by atoms with Gasteiger partial charge >= 0.3 is 0 Å². The van der Waals surface area contributed by atoms with Gasteiger partial charge in [-0.05, 0) is 34.4 Å². The van der Waals surface area contributed by atoms with Crippen LogP contribution in [0.4, 0.5) is 0 Å². The maximum atomic E-state index is 9.48. The Morgan fingerprint density at radius 3 is 2.41 bits per heavy atom. The molecule has 0 aliphatic rings. The monoisotopic (exact) mass is 219 g/mol. The first-order valence-corrected chi connectivity index (χ1v) is 5.34. The molecule has 2 nitrogen and oxygen atoms in total. The Kier molecular flexibility index (Phi) is 1.99. The minimum Gasteiger partial charge on any atom is -0.508 e. The molecule has 0 aliphatic carbocycles. The van der Waals surface area contributed by atoms with E-state index in [1.54, 1.807) is 12.1 Å². The summed E-state index contributed by atoms with van der Waals surface area (Å²) in [4.78, 5) is 0. The van der Waals surface area contributed by atoms with E-state index in [-0.39, 0.29) is 5.75 Å². The van der Waals surface area contributed by atoms with Crippen molar-refractivity contribution >= 4 is 21.5 Å². The van der Waals surface area contributed by atoms with E-state index < -0.39 is 0 Å². The zero-order chi connectivity index (χ0) is 11.8. The summed E-state index contributed by atoms with van der Waals surface area (Å²) in [6, 6.07) is 17.1. The van der Waals surface area contributed by atoms with Gasteiger partial charge in [0.15, 0.2) is 0 Å². The van der Waals surface area contributed by atoms with E-state index >= 15 is 0 Å². The van der Waals surface area contributed by atoms with Gasteiger partial charge in [-0.3, -0.25) is 0 Å². The average Bonchev–Trinajstić information content (AvgIpc) is 2.37. The number of rotatable bonds is 0. The van der Waals surface area contributed by atoms with Crippen LogP contribution in [0.5, 0.6) is 5.75 Å². The molecule has 0 bridgehead atoms. The number of benzene rings is 3. The van der Waals surface area contributed by atoms with Crippen LogP contribution < -0.4 is 0 Å². The maximum Gasteiger partial charge on any atom is 0.116 e. The van der Waals surface area contributed by atoms with E-state index in [1.807, 2.05) is 36.4 Å². The summed E-state index contributed by atoms with van der Waals surface area (Å²) in [6.45, 7) is 0. The fourth-order valence-electron chi connectivity index (χ4n) is 2.19. The van der Waals surface area contributed by atoms with Gasteiger partial charge in [0, 0.05) is 5.39 Å². The lowest BCUT2D eigenvalue weighted by Crippen LogP contribution is -1.83. The van der Waals surface area contributed by atoms with Crippen LogP contribution in [0.15, 0.2) is 48.5 Å². The predicted molar refractivity (Wildman–Crippen MR) is 67.8 cm³/mol. The second kappa shape index (κ2) is 3.50. The molecule has 0 aliphatic heterocycles. The second-order valence-electron chi connectivity index (χ2n) is 3.99. The van der Waals surface area contributed by atoms with Gasteiger partial charge in [0.05, 0.1) is 11.6 Å². The lowest BCUT2D eigenvalue weighted by atomic mass is 9.98. The van der Waals surface area contributed by atoms with Crippen LogP contribution in [0.2, 0.25) is 0 Å². The molecular weight excluding hydrogens is 210 g/mol. The molecule has 1 N–H and O–H groups in total.